The molecule has 8 heteroatoms. The monoisotopic (exact) mass is 366 g/mol. The van der Waals surface area contributed by atoms with Crippen molar-refractivity contribution in [2.45, 2.75) is 32.4 Å². The molecule has 1 aliphatic rings. The highest BCUT2D eigenvalue weighted by molar-refractivity contribution is 7.09. The Balaban J connectivity index is 1.77. The van der Waals surface area contributed by atoms with Crippen LogP contribution in [0, 0.1) is 0 Å². The summed E-state index contributed by atoms with van der Waals surface area (Å²) in [7, 11) is 0. The lowest BCUT2D eigenvalue weighted by molar-refractivity contribution is -0.130. The van der Waals surface area contributed by atoms with Crippen molar-refractivity contribution in [3.8, 4) is 0 Å². The second kappa shape index (κ2) is 7.36. The molecule has 0 spiro atoms. The molecule has 24 heavy (non-hydrogen) atoms. The van der Waals surface area contributed by atoms with Gasteiger partial charge in [0.2, 0.25) is 5.91 Å². The predicted molar refractivity (Wildman–Crippen MR) is 93.1 cm³/mol. The molecule has 0 aliphatic carbocycles. The minimum Gasteiger partial charge on any atom is -0.356 e. The normalized spacial score (nSPS) is 15.5. The summed E-state index contributed by atoms with van der Waals surface area (Å²) in [6.45, 7) is 3.46. The van der Waals surface area contributed by atoms with Crippen molar-refractivity contribution in [3.63, 3.8) is 0 Å². The molecule has 0 unspecified atom stereocenters. The Kier molecular flexibility index (Phi) is 5.20. The highest BCUT2D eigenvalue weighted by Crippen LogP contribution is 2.23. The lowest BCUT2D eigenvalue weighted by atomic mass is 10.0. The third-order valence-electron chi connectivity index (χ3n) is 4.30. The van der Waals surface area contributed by atoms with Crippen molar-refractivity contribution in [1.29, 1.82) is 0 Å². The van der Waals surface area contributed by atoms with Crippen molar-refractivity contribution in [2.24, 2.45) is 0 Å². The van der Waals surface area contributed by atoms with E-state index in [1.54, 1.807) is 30.9 Å². The van der Waals surface area contributed by atoms with E-state index in [9.17, 15) is 9.59 Å². The standard InChI is InChI=1S/C16H19ClN4O2S/c1-11(22)20-4-2-13(3-5-20)21(9-14-8-18-10-24-14)16(23)15-6-12(17)7-19-15/h6-8,10,13,19H,2-5,9H2,1H3. The van der Waals surface area contributed by atoms with E-state index in [1.165, 1.54) is 11.3 Å². The van der Waals surface area contributed by atoms with Gasteiger partial charge in [0.05, 0.1) is 17.1 Å². The molecule has 3 heterocycles. The van der Waals surface area contributed by atoms with E-state index in [0.717, 1.165) is 17.7 Å². The lowest BCUT2D eigenvalue weighted by Gasteiger charge is -2.38. The molecule has 0 atom stereocenters. The van der Waals surface area contributed by atoms with Crippen molar-refractivity contribution in [1.82, 2.24) is 19.8 Å². The molecule has 0 bridgehead atoms. The van der Waals surface area contributed by atoms with Crippen molar-refractivity contribution < 1.29 is 9.59 Å². The van der Waals surface area contributed by atoms with Gasteiger partial charge in [-0.1, -0.05) is 11.6 Å². The fourth-order valence-electron chi connectivity index (χ4n) is 2.99. The minimum absolute atomic E-state index is 0.0726. The first-order chi connectivity index (χ1) is 11.5. The van der Waals surface area contributed by atoms with Gasteiger partial charge in [-0.2, -0.15) is 0 Å². The van der Waals surface area contributed by atoms with Gasteiger partial charge in [0.25, 0.3) is 5.91 Å². The number of H-pyrrole nitrogens is 1. The lowest BCUT2D eigenvalue weighted by Crippen LogP contribution is -2.48. The van der Waals surface area contributed by atoms with Crippen LogP contribution in [0.3, 0.4) is 0 Å². The summed E-state index contributed by atoms with van der Waals surface area (Å²) >= 11 is 7.47. The molecular formula is C16H19ClN4O2S. The van der Waals surface area contributed by atoms with Crippen molar-refractivity contribution in [2.75, 3.05) is 13.1 Å². The zero-order valence-corrected chi connectivity index (χ0v) is 14.9. The Morgan fingerprint density at radius 2 is 2.21 bits per heavy atom. The maximum Gasteiger partial charge on any atom is 0.270 e. The number of likely N-dealkylation sites (tertiary alicyclic amines) is 1. The van der Waals surface area contributed by atoms with Crippen LogP contribution in [0.5, 0.6) is 0 Å². The summed E-state index contributed by atoms with van der Waals surface area (Å²) in [5.41, 5.74) is 2.25. The molecule has 2 aromatic rings. The Labute approximate surface area is 149 Å². The third kappa shape index (κ3) is 3.79. The summed E-state index contributed by atoms with van der Waals surface area (Å²) in [6.07, 6.45) is 4.95. The SMILES string of the molecule is CC(=O)N1CCC(N(Cc2cncs2)C(=O)c2cc(Cl)c[nH]2)CC1. The minimum atomic E-state index is -0.0726. The van der Waals surface area contributed by atoms with Crippen LogP contribution in [0.4, 0.5) is 0 Å². The zero-order valence-electron chi connectivity index (χ0n) is 13.4. The van der Waals surface area contributed by atoms with E-state index in [2.05, 4.69) is 9.97 Å². The van der Waals surface area contributed by atoms with Gasteiger partial charge in [-0.05, 0) is 18.9 Å². The molecule has 0 aromatic carbocycles. The topological polar surface area (TPSA) is 69.3 Å². The smallest absolute Gasteiger partial charge is 0.270 e. The van der Waals surface area contributed by atoms with E-state index in [-0.39, 0.29) is 17.9 Å². The van der Waals surface area contributed by atoms with Gasteiger partial charge in [-0.3, -0.25) is 14.6 Å². The molecule has 1 fully saturated rings. The Bertz CT molecular complexity index is 707. The van der Waals surface area contributed by atoms with Crippen LogP contribution in [0.25, 0.3) is 0 Å². The number of rotatable bonds is 4. The largest absolute Gasteiger partial charge is 0.356 e. The van der Waals surface area contributed by atoms with Crippen LogP contribution in [-0.4, -0.2) is 50.7 Å². The number of aromatic amines is 1. The first kappa shape index (κ1) is 17.0. The number of hydrogen-bond acceptors (Lipinski definition) is 4. The fraction of sp³-hybridized carbons (Fsp3) is 0.438. The van der Waals surface area contributed by atoms with Gasteiger partial charge in [-0.15, -0.1) is 11.3 Å². The summed E-state index contributed by atoms with van der Waals surface area (Å²) in [4.78, 5) is 36.2. The van der Waals surface area contributed by atoms with Crippen molar-refractivity contribution >= 4 is 34.8 Å². The average Bonchev–Trinajstić information content (AvgIpc) is 3.23. The molecule has 1 aliphatic heterocycles. The molecule has 1 N–H and O–H groups in total. The van der Waals surface area contributed by atoms with Crippen LogP contribution in [0.1, 0.15) is 35.1 Å². The van der Waals surface area contributed by atoms with Gasteiger partial charge >= 0.3 is 0 Å². The molecule has 2 aromatic heterocycles. The molecule has 6 nitrogen and oxygen atoms in total. The number of piperidine rings is 1. The van der Waals surface area contributed by atoms with Gasteiger partial charge in [-0.25, -0.2) is 0 Å². The number of carbonyl (C=O) groups excluding carboxylic acids is 2. The third-order valence-corrected chi connectivity index (χ3v) is 5.28. The molecule has 128 valence electrons. The van der Waals surface area contributed by atoms with Crippen LogP contribution in [-0.2, 0) is 11.3 Å². The van der Waals surface area contributed by atoms with E-state index in [1.807, 2.05) is 9.80 Å². The van der Waals surface area contributed by atoms with Crippen LogP contribution in [0.2, 0.25) is 5.02 Å². The fourth-order valence-corrected chi connectivity index (χ4v) is 3.75. The van der Waals surface area contributed by atoms with Gasteiger partial charge in [0, 0.05) is 43.3 Å². The molecule has 1 saturated heterocycles. The van der Waals surface area contributed by atoms with E-state index >= 15 is 0 Å². The van der Waals surface area contributed by atoms with Gasteiger partial charge < -0.3 is 14.8 Å². The highest BCUT2D eigenvalue weighted by atomic mass is 35.5. The Morgan fingerprint density at radius 1 is 1.46 bits per heavy atom. The van der Waals surface area contributed by atoms with Crippen molar-refractivity contribution in [3.05, 3.63) is 39.6 Å². The molecule has 0 radical (unpaired) electrons. The number of carbonyl (C=O) groups is 2. The highest BCUT2D eigenvalue weighted by Gasteiger charge is 2.30. The Morgan fingerprint density at radius 3 is 2.75 bits per heavy atom. The van der Waals surface area contributed by atoms with Gasteiger partial charge in [0.15, 0.2) is 0 Å². The van der Waals surface area contributed by atoms with E-state index in [0.29, 0.717) is 30.4 Å². The van der Waals surface area contributed by atoms with Crippen LogP contribution < -0.4 is 0 Å². The molecule has 2 amide bonds. The quantitative estimate of drug-likeness (QED) is 0.904. The molecule has 0 saturated carbocycles. The van der Waals surface area contributed by atoms with Gasteiger partial charge in [0.1, 0.15) is 5.69 Å². The molecule has 3 rings (SSSR count). The van der Waals surface area contributed by atoms with Crippen LogP contribution >= 0.6 is 22.9 Å². The average molecular weight is 367 g/mol. The number of halogens is 1. The van der Waals surface area contributed by atoms with E-state index in [4.69, 9.17) is 11.6 Å². The number of aromatic nitrogens is 2. The van der Waals surface area contributed by atoms with E-state index < -0.39 is 0 Å². The number of nitrogens with one attached hydrogen (secondary N) is 1. The Hall–Kier alpha value is -1.86. The number of nitrogens with zero attached hydrogens (tertiary/aromatic N) is 3. The molecular weight excluding hydrogens is 348 g/mol. The first-order valence-corrected chi connectivity index (χ1v) is 9.08. The first-order valence-electron chi connectivity index (χ1n) is 7.82. The van der Waals surface area contributed by atoms with Crippen LogP contribution in [0.15, 0.2) is 24.0 Å². The summed E-state index contributed by atoms with van der Waals surface area (Å²) < 4.78 is 0. The second-order valence-corrected chi connectivity index (χ2v) is 7.28. The summed E-state index contributed by atoms with van der Waals surface area (Å²) in [6, 6.07) is 1.74. The predicted octanol–water partition coefficient (Wildman–Crippen LogP) is 2.78. The number of thiazole rings is 1. The maximum absolute atomic E-state index is 12.9. The maximum atomic E-state index is 12.9. The number of hydrogen-bond donors (Lipinski definition) is 1. The summed E-state index contributed by atoms with van der Waals surface area (Å²) in [5.74, 6) is 0.0153. The number of amides is 2. The zero-order chi connectivity index (χ0) is 17.1. The summed E-state index contributed by atoms with van der Waals surface area (Å²) in [5, 5.41) is 0.516. The second-order valence-electron chi connectivity index (χ2n) is 5.87.